The van der Waals surface area contributed by atoms with Crippen molar-refractivity contribution in [3.63, 3.8) is 0 Å². The molecule has 2 rings (SSSR count). The second kappa shape index (κ2) is 6.04. The lowest BCUT2D eigenvalue weighted by Gasteiger charge is -2.27. The molecule has 0 aromatic rings. The maximum absolute atomic E-state index is 12.7. The summed E-state index contributed by atoms with van der Waals surface area (Å²) >= 11 is 0. The predicted molar refractivity (Wildman–Crippen MR) is 76.3 cm³/mol. The first-order valence-corrected chi connectivity index (χ1v) is 7.76. The van der Waals surface area contributed by atoms with Gasteiger partial charge in [0.1, 0.15) is 5.78 Å². The van der Waals surface area contributed by atoms with E-state index in [0.717, 1.165) is 37.5 Å². The third kappa shape index (κ3) is 3.24. The molecule has 18 heavy (non-hydrogen) atoms. The quantitative estimate of drug-likeness (QED) is 0.515. The van der Waals surface area contributed by atoms with E-state index in [1.807, 2.05) is 0 Å². The molecule has 0 aliphatic heterocycles. The van der Waals surface area contributed by atoms with Crippen molar-refractivity contribution in [1.29, 1.82) is 0 Å². The van der Waals surface area contributed by atoms with Crippen LogP contribution in [0, 0.1) is 29.6 Å². The summed E-state index contributed by atoms with van der Waals surface area (Å²) in [7, 11) is 0. The fraction of sp³-hybridized carbons (Fsp3) is 0.824. The summed E-state index contributed by atoms with van der Waals surface area (Å²) in [5, 5.41) is 0. The van der Waals surface area contributed by atoms with E-state index in [4.69, 9.17) is 0 Å². The Kier molecular flexibility index (Phi) is 4.64. The van der Waals surface area contributed by atoms with E-state index in [9.17, 15) is 4.79 Å². The topological polar surface area (TPSA) is 17.1 Å². The Morgan fingerprint density at radius 2 is 1.72 bits per heavy atom. The molecular formula is C17H28O. The molecule has 0 spiro atoms. The molecule has 2 aliphatic carbocycles. The molecule has 0 aromatic carbocycles. The molecule has 1 nitrogen and oxygen atoms in total. The fourth-order valence-corrected chi connectivity index (χ4v) is 4.10. The first-order valence-electron chi connectivity index (χ1n) is 7.76. The van der Waals surface area contributed by atoms with Gasteiger partial charge in [-0.2, -0.15) is 0 Å². The minimum Gasteiger partial charge on any atom is -0.299 e. The maximum Gasteiger partial charge on any atom is 0.139 e. The van der Waals surface area contributed by atoms with Crippen molar-refractivity contribution in [3.8, 4) is 0 Å². The van der Waals surface area contributed by atoms with Crippen LogP contribution in [0.5, 0.6) is 0 Å². The van der Waals surface area contributed by atoms with Gasteiger partial charge in [-0.05, 0) is 56.3 Å². The maximum atomic E-state index is 12.7. The van der Waals surface area contributed by atoms with Gasteiger partial charge in [0, 0.05) is 11.8 Å². The van der Waals surface area contributed by atoms with E-state index >= 15 is 0 Å². The Labute approximate surface area is 112 Å². The fourth-order valence-electron chi connectivity index (χ4n) is 4.10. The molecule has 0 amide bonds. The number of ketones is 1. The van der Waals surface area contributed by atoms with Gasteiger partial charge in [-0.25, -0.2) is 0 Å². The molecule has 1 fully saturated rings. The molecule has 5 atom stereocenters. The summed E-state index contributed by atoms with van der Waals surface area (Å²) in [5.41, 5.74) is 0. The minimum atomic E-state index is 0.322. The lowest BCUT2D eigenvalue weighted by molar-refractivity contribution is -0.129. The van der Waals surface area contributed by atoms with Crippen LogP contribution in [0.3, 0.4) is 0 Å². The van der Waals surface area contributed by atoms with E-state index < -0.39 is 0 Å². The average Bonchev–Trinajstić information content (AvgIpc) is 2.47. The summed E-state index contributed by atoms with van der Waals surface area (Å²) in [6.07, 6.45) is 11.3. The molecule has 1 saturated carbocycles. The zero-order valence-corrected chi connectivity index (χ0v) is 12.2. The van der Waals surface area contributed by atoms with Gasteiger partial charge >= 0.3 is 0 Å². The Morgan fingerprint density at radius 1 is 1.00 bits per heavy atom. The van der Waals surface area contributed by atoms with Crippen molar-refractivity contribution in [2.45, 2.75) is 59.3 Å². The Hall–Kier alpha value is -0.590. The van der Waals surface area contributed by atoms with Gasteiger partial charge in [0.2, 0.25) is 0 Å². The van der Waals surface area contributed by atoms with Gasteiger partial charge in [-0.15, -0.1) is 0 Å². The molecular weight excluding hydrogens is 220 g/mol. The molecule has 0 radical (unpaired) electrons. The van der Waals surface area contributed by atoms with Crippen LogP contribution in [0.4, 0.5) is 0 Å². The summed E-state index contributed by atoms with van der Waals surface area (Å²) < 4.78 is 0. The summed E-state index contributed by atoms with van der Waals surface area (Å²) in [5.74, 6) is 3.33. The van der Waals surface area contributed by atoms with Crippen LogP contribution >= 0.6 is 0 Å². The lowest BCUT2D eigenvalue weighted by Crippen LogP contribution is -2.29. The second-order valence-corrected chi connectivity index (χ2v) is 6.88. The molecule has 1 heteroatoms. The molecule has 0 bridgehead atoms. The highest BCUT2D eigenvalue weighted by Gasteiger charge is 2.34. The van der Waals surface area contributed by atoms with Gasteiger partial charge in [0.15, 0.2) is 0 Å². The normalized spacial score (nSPS) is 41.4. The van der Waals surface area contributed by atoms with Crippen molar-refractivity contribution >= 4 is 5.78 Å². The highest BCUT2D eigenvalue weighted by atomic mass is 16.1. The van der Waals surface area contributed by atoms with Crippen LogP contribution in [0.1, 0.15) is 59.3 Å². The zero-order chi connectivity index (χ0) is 13.1. The Balaban J connectivity index is 2.05. The largest absolute Gasteiger partial charge is 0.299 e. The van der Waals surface area contributed by atoms with E-state index in [-0.39, 0.29) is 0 Å². The lowest BCUT2D eigenvalue weighted by atomic mass is 9.76. The number of hydrogen-bond acceptors (Lipinski definition) is 1. The van der Waals surface area contributed by atoms with Crippen LogP contribution < -0.4 is 0 Å². The van der Waals surface area contributed by atoms with Gasteiger partial charge in [0.25, 0.3) is 0 Å². The van der Waals surface area contributed by atoms with Crippen LogP contribution in [-0.4, -0.2) is 5.78 Å². The first-order chi connectivity index (χ1) is 8.58. The highest BCUT2D eigenvalue weighted by molar-refractivity contribution is 5.84. The number of hydrogen-bond donors (Lipinski definition) is 0. The van der Waals surface area contributed by atoms with Gasteiger partial charge in [-0.3, -0.25) is 4.79 Å². The molecule has 0 aromatic heterocycles. The number of rotatable bonds is 2. The monoisotopic (exact) mass is 248 g/mol. The average molecular weight is 248 g/mol. The van der Waals surface area contributed by atoms with Crippen molar-refractivity contribution in [3.05, 3.63) is 12.2 Å². The van der Waals surface area contributed by atoms with Crippen LogP contribution in [0.15, 0.2) is 12.2 Å². The van der Waals surface area contributed by atoms with E-state index in [2.05, 4.69) is 32.9 Å². The number of Topliss-reactive ketones (excluding diaryl/α,β-unsaturated/α-hetero) is 1. The summed E-state index contributed by atoms with van der Waals surface area (Å²) in [4.78, 5) is 12.7. The molecule has 0 N–H and O–H groups in total. The minimum absolute atomic E-state index is 0.322. The highest BCUT2D eigenvalue weighted by Crippen LogP contribution is 2.38. The molecule has 2 aliphatic rings. The Bertz CT molecular complexity index is 318. The van der Waals surface area contributed by atoms with Crippen LogP contribution in [0.2, 0.25) is 0 Å². The third-order valence-corrected chi connectivity index (χ3v) is 4.96. The van der Waals surface area contributed by atoms with E-state index in [1.54, 1.807) is 0 Å². The van der Waals surface area contributed by atoms with E-state index in [0.29, 0.717) is 23.5 Å². The predicted octanol–water partition coefficient (Wildman–Crippen LogP) is 4.62. The molecule has 5 unspecified atom stereocenters. The van der Waals surface area contributed by atoms with Gasteiger partial charge in [0.05, 0.1) is 0 Å². The van der Waals surface area contributed by atoms with Crippen LogP contribution in [0.25, 0.3) is 0 Å². The smallest absolute Gasteiger partial charge is 0.139 e. The first kappa shape index (κ1) is 13.8. The summed E-state index contributed by atoms with van der Waals surface area (Å²) in [6, 6.07) is 0. The van der Waals surface area contributed by atoms with Gasteiger partial charge < -0.3 is 0 Å². The number of carbonyl (C=O) groups is 1. The zero-order valence-electron chi connectivity index (χ0n) is 12.2. The van der Waals surface area contributed by atoms with Crippen molar-refractivity contribution in [1.82, 2.24) is 0 Å². The molecule has 102 valence electrons. The van der Waals surface area contributed by atoms with Crippen LogP contribution in [-0.2, 0) is 4.79 Å². The molecule has 0 saturated heterocycles. The van der Waals surface area contributed by atoms with Gasteiger partial charge in [-0.1, -0.05) is 32.9 Å². The number of allylic oxidation sites excluding steroid dienone is 2. The standard InChI is InChI=1S/C17H28O/c1-12-9-13(2)11-16(14(3)10-12)17(18)15-7-5-4-6-8-15/h4-5,12-16H,6-11H2,1-3H3. The second-order valence-electron chi connectivity index (χ2n) is 6.88. The van der Waals surface area contributed by atoms with Crippen molar-refractivity contribution in [2.75, 3.05) is 0 Å². The van der Waals surface area contributed by atoms with E-state index in [1.165, 1.54) is 12.8 Å². The number of carbonyl (C=O) groups excluding carboxylic acids is 1. The van der Waals surface area contributed by atoms with Crippen molar-refractivity contribution < 1.29 is 4.79 Å². The SMILES string of the molecule is CC1CC(C)CC(C(=O)C2CC=CCC2)C(C)C1. The Morgan fingerprint density at radius 3 is 2.39 bits per heavy atom. The van der Waals surface area contributed by atoms with Crippen molar-refractivity contribution in [2.24, 2.45) is 29.6 Å². The molecule has 0 heterocycles. The third-order valence-electron chi connectivity index (χ3n) is 4.96. The summed E-state index contributed by atoms with van der Waals surface area (Å²) in [6.45, 7) is 6.98.